The molecular formula is C26H27N3O6. The first-order chi connectivity index (χ1) is 16.8. The molecule has 5 rings (SSSR count). The number of carbonyl (C=O) groups excluding carboxylic acids is 2. The fraction of sp³-hybridized carbons (Fsp3) is 0.346. The van der Waals surface area contributed by atoms with Gasteiger partial charge >= 0.3 is 0 Å². The van der Waals surface area contributed by atoms with E-state index in [-0.39, 0.29) is 47.5 Å². The van der Waals surface area contributed by atoms with Crippen molar-refractivity contribution in [2.75, 3.05) is 20.2 Å². The fourth-order valence-electron chi connectivity index (χ4n) is 4.78. The quantitative estimate of drug-likeness (QED) is 0.581. The fourth-order valence-corrected chi connectivity index (χ4v) is 4.78. The van der Waals surface area contributed by atoms with Crippen molar-refractivity contribution in [3.8, 4) is 23.0 Å². The molecule has 182 valence electrons. The van der Waals surface area contributed by atoms with Gasteiger partial charge < -0.3 is 29.2 Å². The highest BCUT2D eigenvalue weighted by molar-refractivity contribution is 5.93. The van der Waals surface area contributed by atoms with E-state index in [0.29, 0.717) is 42.6 Å². The summed E-state index contributed by atoms with van der Waals surface area (Å²) in [5, 5.41) is 13.5. The number of amides is 2. The van der Waals surface area contributed by atoms with Crippen LogP contribution in [0.25, 0.3) is 0 Å². The Hall–Kier alpha value is -4.01. The number of carbonyl (C=O) groups is 2. The molecule has 1 aromatic heterocycles. The number of likely N-dealkylation sites (tertiary alicyclic amines) is 1. The molecule has 1 fully saturated rings. The van der Waals surface area contributed by atoms with Gasteiger partial charge in [-0.05, 0) is 48.7 Å². The van der Waals surface area contributed by atoms with E-state index < -0.39 is 0 Å². The molecule has 1 saturated heterocycles. The number of phenolic OH excluding ortho intramolecular Hbond substituents is 1. The molecule has 9 nitrogen and oxygen atoms in total. The number of nitrogens with one attached hydrogen (secondary N) is 1. The van der Waals surface area contributed by atoms with Crippen LogP contribution in [0.1, 0.15) is 45.6 Å². The Labute approximate surface area is 202 Å². The van der Waals surface area contributed by atoms with E-state index in [1.165, 1.54) is 0 Å². The first-order valence-corrected chi connectivity index (χ1v) is 11.5. The lowest BCUT2D eigenvalue weighted by Gasteiger charge is -2.21. The average Bonchev–Trinajstić information content (AvgIpc) is 3.40. The molecule has 3 heterocycles. The predicted molar refractivity (Wildman–Crippen MR) is 126 cm³/mol. The number of aromatic hydroxyl groups is 1. The molecular weight excluding hydrogens is 450 g/mol. The number of rotatable bonds is 2. The maximum Gasteiger partial charge on any atom is 0.291 e. The number of aromatic nitrogens is 1. The van der Waals surface area contributed by atoms with Crippen LogP contribution in [-0.2, 0) is 11.2 Å². The number of nitrogens with zero attached hydrogens (tertiary/aromatic N) is 2. The number of phenols is 1. The third-order valence-electron chi connectivity index (χ3n) is 6.55. The molecule has 35 heavy (non-hydrogen) atoms. The molecule has 9 heteroatoms. The van der Waals surface area contributed by atoms with E-state index in [1.807, 2.05) is 12.1 Å². The van der Waals surface area contributed by atoms with Gasteiger partial charge in [0.1, 0.15) is 0 Å². The Morgan fingerprint density at radius 2 is 1.97 bits per heavy atom. The SMILES string of the molecule is COc1ccc2cc1Oc1cc(ccc1O)CCC(=O)N[C@@H]1CN(C(=O)c3oc(C)nc3C)C[C@@H]21. The summed E-state index contributed by atoms with van der Waals surface area (Å²) in [6.07, 6.45) is 0.746. The number of methoxy groups -OCH3 is 1. The van der Waals surface area contributed by atoms with Gasteiger partial charge in [-0.1, -0.05) is 12.1 Å². The Balaban J connectivity index is 1.53. The number of benzene rings is 2. The van der Waals surface area contributed by atoms with E-state index in [9.17, 15) is 14.7 Å². The van der Waals surface area contributed by atoms with Crippen molar-refractivity contribution in [1.29, 1.82) is 0 Å². The minimum atomic E-state index is -0.297. The number of fused-ring (bicyclic) bond motifs is 6. The van der Waals surface area contributed by atoms with Crippen LogP contribution >= 0.6 is 0 Å². The third-order valence-corrected chi connectivity index (χ3v) is 6.55. The van der Waals surface area contributed by atoms with Gasteiger partial charge in [0.05, 0.1) is 18.8 Å². The zero-order chi connectivity index (χ0) is 24.7. The van der Waals surface area contributed by atoms with Crippen molar-refractivity contribution in [1.82, 2.24) is 15.2 Å². The van der Waals surface area contributed by atoms with Gasteiger partial charge in [0, 0.05) is 32.4 Å². The van der Waals surface area contributed by atoms with Crippen LogP contribution in [0, 0.1) is 13.8 Å². The number of ether oxygens (including phenoxy) is 2. The first kappa shape index (κ1) is 22.8. The summed E-state index contributed by atoms with van der Waals surface area (Å²) in [6.45, 7) is 4.17. The normalized spacial score (nSPS) is 19.5. The van der Waals surface area contributed by atoms with Crippen molar-refractivity contribution in [3.63, 3.8) is 0 Å². The van der Waals surface area contributed by atoms with E-state index >= 15 is 0 Å². The Kier molecular flexibility index (Phi) is 5.84. The van der Waals surface area contributed by atoms with Crippen LogP contribution in [-0.4, -0.2) is 53.0 Å². The van der Waals surface area contributed by atoms with E-state index in [2.05, 4.69) is 10.3 Å². The van der Waals surface area contributed by atoms with E-state index in [4.69, 9.17) is 13.9 Å². The van der Waals surface area contributed by atoms with Crippen LogP contribution in [0.2, 0.25) is 0 Å². The largest absolute Gasteiger partial charge is 0.504 e. The molecule has 2 amide bonds. The summed E-state index contributed by atoms with van der Waals surface area (Å²) in [6, 6.07) is 10.3. The molecule has 0 saturated carbocycles. The summed E-state index contributed by atoms with van der Waals surface area (Å²) in [7, 11) is 1.55. The third kappa shape index (κ3) is 4.41. The van der Waals surface area contributed by atoms with Gasteiger partial charge in [0.15, 0.2) is 28.9 Å². The maximum absolute atomic E-state index is 13.2. The second-order valence-corrected chi connectivity index (χ2v) is 8.95. The van der Waals surface area contributed by atoms with E-state index in [0.717, 1.165) is 11.1 Å². The van der Waals surface area contributed by atoms with Gasteiger partial charge in [0.2, 0.25) is 11.7 Å². The number of hydrogen-bond acceptors (Lipinski definition) is 7. The summed E-state index contributed by atoms with van der Waals surface area (Å²) in [5.74, 6) is 1.33. The highest BCUT2D eigenvalue weighted by atomic mass is 16.5. The van der Waals surface area contributed by atoms with E-state index in [1.54, 1.807) is 50.1 Å². The first-order valence-electron chi connectivity index (χ1n) is 11.5. The molecule has 2 aliphatic heterocycles. The number of hydrogen-bond donors (Lipinski definition) is 2. The van der Waals surface area contributed by atoms with Crippen LogP contribution in [0.4, 0.5) is 0 Å². The van der Waals surface area contributed by atoms with Gasteiger partial charge in [-0.3, -0.25) is 9.59 Å². The monoisotopic (exact) mass is 477 g/mol. The predicted octanol–water partition coefficient (Wildman–Crippen LogP) is 3.47. The van der Waals surface area contributed by atoms with Crippen LogP contribution < -0.4 is 14.8 Å². The minimum absolute atomic E-state index is 0.00577. The topological polar surface area (TPSA) is 114 Å². The number of oxazole rings is 1. The van der Waals surface area contributed by atoms with Gasteiger partial charge in [0.25, 0.3) is 5.91 Å². The molecule has 2 aromatic carbocycles. The second-order valence-electron chi connectivity index (χ2n) is 8.95. The van der Waals surface area contributed by atoms with Crippen molar-refractivity contribution in [2.24, 2.45) is 0 Å². The summed E-state index contributed by atoms with van der Waals surface area (Å²) < 4.78 is 17.1. The van der Waals surface area contributed by atoms with Gasteiger partial charge in [-0.2, -0.15) is 0 Å². The molecule has 0 aliphatic carbocycles. The lowest BCUT2D eigenvalue weighted by Crippen LogP contribution is -2.40. The maximum atomic E-state index is 13.2. The van der Waals surface area contributed by atoms with Gasteiger partial charge in [-0.25, -0.2) is 4.98 Å². The zero-order valence-electron chi connectivity index (χ0n) is 19.8. The van der Waals surface area contributed by atoms with Crippen molar-refractivity contribution < 1.29 is 28.6 Å². The molecule has 3 aromatic rings. The highest BCUT2D eigenvalue weighted by Crippen LogP contribution is 2.40. The summed E-state index contributed by atoms with van der Waals surface area (Å²) in [4.78, 5) is 32.0. The Morgan fingerprint density at radius 3 is 2.71 bits per heavy atom. The van der Waals surface area contributed by atoms with Crippen molar-refractivity contribution in [2.45, 2.75) is 38.6 Å². The molecule has 2 aliphatic rings. The summed E-state index contributed by atoms with van der Waals surface area (Å²) >= 11 is 0. The second kappa shape index (κ2) is 8.98. The van der Waals surface area contributed by atoms with Gasteiger partial charge in [-0.15, -0.1) is 0 Å². The minimum Gasteiger partial charge on any atom is -0.504 e. The van der Waals surface area contributed by atoms with Crippen LogP contribution in [0.3, 0.4) is 0 Å². The molecule has 2 atom stereocenters. The lowest BCUT2D eigenvalue weighted by molar-refractivity contribution is -0.121. The molecule has 2 N–H and O–H groups in total. The smallest absolute Gasteiger partial charge is 0.291 e. The molecule has 0 spiro atoms. The van der Waals surface area contributed by atoms with Crippen molar-refractivity contribution >= 4 is 11.8 Å². The Morgan fingerprint density at radius 1 is 1.14 bits per heavy atom. The molecule has 4 bridgehead atoms. The number of aryl methyl sites for hydroxylation is 3. The zero-order valence-corrected chi connectivity index (χ0v) is 19.8. The standard InChI is InChI=1S/C26H27N3O6/c1-14-25(34-15(2)27-14)26(32)29-12-18-17-6-8-21(33-3)23(11-17)35-22-10-16(4-7-20(22)30)5-9-24(31)28-19(18)13-29/h4,6-8,10-11,18-19,30H,5,9,12-13H2,1-3H3,(H,28,31)/t18-,19+/m0/s1. The lowest BCUT2D eigenvalue weighted by atomic mass is 9.93. The summed E-state index contributed by atoms with van der Waals surface area (Å²) in [5.41, 5.74) is 2.28. The van der Waals surface area contributed by atoms with Crippen LogP contribution in [0.15, 0.2) is 40.8 Å². The van der Waals surface area contributed by atoms with Crippen LogP contribution in [0.5, 0.6) is 23.0 Å². The Bertz CT molecular complexity index is 1300. The van der Waals surface area contributed by atoms with Crippen molar-refractivity contribution in [3.05, 3.63) is 64.9 Å². The molecule has 0 unspecified atom stereocenters. The molecule has 0 radical (unpaired) electrons. The average molecular weight is 478 g/mol. The highest BCUT2D eigenvalue weighted by Gasteiger charge is 2.39.